The Hall–Kier alpha value is -2.93. The number of ether oxygens (including phenoxy) is 1. The Morgan fingerprint density at radius 3 is 2.42 bits per heavy atom. The van der Waals surface area contributed by atoms with Crippen molar-refractivity contribution in [2.24, 2.45) is 0 Å². The molecule has 1 aromatic heterocycles. The fraction of sp³-hybridized carbons (Fsp3) is 0.526. The summed E-state index contributed by atoms with van der Waals surface area (Å²) in [5.41, 5.74) is -0.804. The van der Waals surface area contributed by atoms with Crippen LogP contribution in [-0.4, -0.2) is 79.0 Å². The number of aliphatic hydroxyl groups excluding tert-OH is 3. The summed E-state index contributed by atoms with van der Waals surface area (Å²) in [6, 6.07) is 1.35. The Kier molecular flexibility index (Phi) is 7.28. The van der Waals surface area contributed by atoms with Crippen LogP contribution in [-0.2, 0) is 19.1 Å². The first-order valence-electron chi connectivity index (χ1n) is 9.87. The van der Waals surface area contributed by atoms with Gasteiger partial charge in [-0.15, -0.1) is 0 Å². The van der Waals surface area contributed by atoms with Crippen molar-refractivity contribution < 1.29 is 34.4 Å². The highest BCUT2D eigenvalue weighted by Gasteiger charge is 2.43. The second-order valence-electron chi connectivity index (χ2n) is 7.25. The first-order chi connectivity index (χ1) is 14.8. The topological polar surface area (TPSA) is 171 Å². The molecule has 0 saturated carbocycles. The Morgan fingerprint density at radius 1 is 1.10 bits per heavy atom. The predicted molar refractivity (Wildman–Crippen MR) is 104 cm³/mol. The van der Waals surface area contributed by atoms with Crippen molar-refractivity contribution in [1.82, 2.24) is 14.5 Å². The number of aliphatic hydroxyl groups is 3. The van der Waals surface area contributed by atoms with E-state index in [4.69, 9.17) is 9.84 Å². The third-order valence-electron chi connectivity index (χ3n) is 5.07. The molecular weight excluding hydrogens is 412 g/mol. The van der Waals surface area contributed by atoms with E-state index in [2.05, 4.69) is 10.3 Å². The molecule has 0 bridgehead atoms. The zero-order chi connectivity index (χ0) is 22.5. The van der Waals surface area contributed by atoms with Gasteiger partial charge in [0.25, 0.3) is 11.8 Å². The minimum atomic E-state index is -1.42. The quantitative estimate of drug-likeness (QED) is 0.259. The maximum atomic E-state index is 12.2. The maximum absolute atomic E-state index is 12.2. The zero-order valence-corrected chi connectivity index (χ0v) is 16.6. The number of amides is 3. The molecule has 0 spiro atoms. The monoisotopic (exact) mass is 436 g/mol. The van der Waals surface area contributed by atoms with E-state index in [9.17, 15) is 29.4 Å². The molecule has 2 aliphatic rings. The molecule has 1 fully saturated rings. The predicted octanol–water partition coefficient (Wildman–Crippen LogP) is -1.72. The number of nitrogens with one attached hydrogen (secondary N) is 1. The van der Waals surface area contributed by atoms with Gasteiger partial charge in [0.05, 0.1) is 6.61 Å². The summed E-state index contributed by atoms with van der Waals surface area (Å²) >= 11 is 0. The minimum absolute atomic E-state index is 0.0253. The summed E-state index contributed by atoms with van der Waals surface area (Å²) in [4.78, 5) is 52.0. The number of unbranched alkanes of at least 4 members (excludes halogenated alkanes) is 2. The standard InChI is InChI=1S/C19H24N4O8/c24-10-11-16(28)17(29)18(31-11)23-9-7-12(21-19(23)30)20-13(25)4-2-1-3-8-22-14(26)5-6-15(22)27/h5-7,9,11,16-18,24,28-29H,1-4,8,10H2,(H,20,21,25,30)/t11-,16-,17+,18-/m1/s1. The first kappa shape index (κ1) is 22.7. The van der Waals surface area contributed by atoms with Crippen LogP contribution in [0.5, 0.6) is 0 Å². The lowest BCUT2D eigenvalue weighted by Gasteiger charge is -2.17. The van der Waals surface area contributed by atoms with E-state index in [1.54, 1.807) is 0 Å². The summed E-state index contributed by atoms with van der Waals surface area (Å²) in [6.45, 7) is -0.223. The third-order valence-corrected chi connectivity index (χ3v) is 5.07. The van der Waals surface area contributed by atoms with Crippen molar-refractivity contribution in [1.29, 1.82) is 0 Å². The van der Waals surface area contributed by atoms with Gasteiger partial charge >= 0.3 is 5.69 Å². The van der Waals surface area contributed by atoms with Gasteiger partial charge in [-0.3, -0.25) is 23.9 Å². The molecule has 31 heavy (non-hydrogen) atoms. The molecule has 1 saturated heterocycles. The second-order valence-corrected chi connectivity index (χ2v) is 7.25. The number of carbonyl (C=O) groups is 3. The lowest BCUT2D eigenvalue weighted by Crippen LogP contribution is -2.36. The van der Waals surface area contributed by atoms with Gasteiger partial charge < -0.3 is 25.4 Å². The molecule has 12 heteroatoms. The molecule has 4 N–H and O–H groups in total. The fourth-order valence-corrected chi connectivity index (χ4v) is 3.37. The van der Waals surface area contributed by atoms with Crippen LogP contribution in [0.4, 0.5) is 5.82 Å². The van der Waals surface area contributed by atoms with Gasteiger partial charge in [-0.05, 0) is 18.9 Å². The molecule has 0 aromatic carbocycles. The minimum Gasteiger partial charge on any atom is -0.394 e. The summed E-state index contributed by atoms with van der Waals surface area (Å²) in [6.07, 6.45) is 0.615. The van der Waals surface area contributed by atoms with Gasteiger partial charge in [-0.2, -0.15) is 4.98 Å². The van der Waals surface area contributed by atoms with Crippen LogP contribution in [0.3, 0.4) is 0 Å². The van der Waals surface area contributed by atoms with Gasteiger partial charge in [-0.1, -0.05) is 6.42 Å². The molecule has 0 unspecified atom stereocenters. The number of nitrogens with zero attached hydrogens (tertiary/aromatic N) is 3. The molecule has 3 rings (SSSR count). The smallest absolute Gasteiger partial charge is 0.351 e. The highest BCUT2D eigenvalue weighted by atomic mass is 16.6. The van der Waals surface area contributed by atoms with Crippen LogP contribution < -0.4 is 11.0 Å². The van der Waals surface area contributed by atoms with Gasteiger partial charge in [0.1, 0.15) is 24.1 Å². The molecular formula is C19H24N4O8. The van der Waals surface area contributed by atoms with Crippen LogP contribution in [0.25, 0.3) is 0 Å². The van der Waals surface area contributed by atoms with Crippen molar-refractivity contribution in [2.75, 3.05) is 18.5 Å². The lowest BCUT2D eigenvalue weighted by atomic mass is 10.1. The molecule has 2 aliphatic heterocycles. The first-order valence-corrected chi connectivity index (χ1v) is 9.87. The van der Waals surface area contributed by atoms with E-state index in [1.165, 1.54) is 24.4 Å². The Balaban J connectivity index is 1.44. The van der Waals surface area contributed by atoms with E-state index >= 15 is 0 Å². The van der Waals surface area contributed by atoms with Crippen LogP contribution in [0, 0.1) is 0 Å². The molecule has 0 aliphatic carbocycles. The number of anilines is 1. The van der Waals surface area contributed by atoms with Crippen molar-refractivity contribution >= 4 is 23.5 Å². The molecule has 3 amide bonds. The van der Waals surface area contributed by atoms with Crippen LogP contribution >= 0.6 is 0 Å². The van der Waals surface area contributed by atoms with Gasteiger partial charge in [0.2, 0.25) is 5.91 Å². The van der Waals surface area contributed by atoms with E-state index in [0.717, 1.165) is 9.47 Å². The normalized spacial score (nSPS) is 25.5. The molecule has 168 valence electrons. The third kappa shape index (κ3) is 5.22. The average Bonchev–Trinajstić information content (AvgIpc) is 3.20. The number of rotatable bonds is 9. The second kappa shape index (κ2) is 9.92. The Labute approximate surface area is 176 Å². The van der Waals surface area contributed by atoms with E-state index in [-0.39, 0.29) is 30.0 Å². The maximum Gasteiger partial charge on any atom is 0.351 e. The average molecular weight is 436 g/mol. The van der Waals surface area contributed by atoms with Crippen molar-refractivity contribution in [3.05, 3.63) is 34.9 Å². The van der Waals surface area contributed by atoms with Gasteiger partial charge in [0, 0.05) is 31.3 Å². The highest BCUT2D eigenvalue weighted by Crippen LogP contribution is 2.28. The SMILES string of the molecule is O=C(CCCCCN1C(=O)C=CC1=O)Nc1ccn([C@@H]2O[C@H](CO)[C@@H](O)[C@@H]2O)c(=O)n1. The van der Waals surface area contributed by atoms with Crippen molar-refractivity contribution in [2.45, 2.75) is 50.2 Å². The van der Waals surface area contributed by atoms with Crippen LogP contribution in [0.2, 0.25) is 0 Å². The number of hydrogen-bond donors (Lipinski definition) is 4. The number of hydrogen-bond acceptors (Lipinski definition) is 9. The number of carbonyl (C=O) groups excluding carboxylic acids is 3. The van der Waals surface area contributed by atoms with Crippen LogP contribution in [0.15, 0.2) is 29.2 Å². The van der Waals surface area contributed by atoms with E-state index in [0.29, 0.717) is 25.8 Å². The van der Waals surface area contributed by atoms with E-state index < -0.39 is 36.8 Å². The lowest BCUT2D eigenvalue weighted by molar-refractivity contribution is -0.136. The molecule has 4 atom stereocenters. The summed E-state index contributed by atoms with van der Waals surface area (Å²) in [5, 5.41) is 31.4. The number of aromatic nitrogens is 2. The van der Waals surface area contributed by atoms with Crippen molar-refractivity contribution in [3.8, 4) is 0 Å². The fourth-order valence-electron chi connectivity index (χ4n) is 3.37. The molecule has 1 aromatic rings. The van der Waals surface area contributed by atoms with Crippen molar-refractivity contribution in [3.63, 3.8) is 0 Å². The Morgan fingerprint density at radius 2 is 1.81 bits per heavy atom. The highest BCUT2D eigenvalue weighted by molar-refractivity contribution is 6.12. The van der Waals surface area contributed by atoms with Gasteiger partial charge in [0.15, 0.2) is 6.23 Å². The summed E-state index contributed by atoms with van der Waals surface area (Å²) in [5.74, 6) is -0.995. The number of imide groups is 1. The summed E-state index contributed by atoms with van der Waals surface area (Å²) < 4.78 is 6.25. The molecule has 12 nitrogen and oxygen atoms in total. The van der Waals surface area contributed by atoms with Gasteiger partial charge in [-0.25, -0.2) is 4.79 Å². The zero-order valence-electron chi connectivity index (χ0n) is 16.6. The van der Waals surface area contributed by atoms with E-state index in [1.807, 2.05) is 0 Å². The summed E-state index contributed by atoms with van der Waals surface area (Å²) in [7, 11) is 0. The van der Waals surface area contributed by atoms with Crippen LogP contribution in [0.1, 0.15) is 31.9 Å². The molecule has 3 heterocycles. The largest absolute Gasteiger partial charge is 0.394 e. The Bertz CT molecular complexity index is 912. The molecule has 0 radical (unpaired) electrons.